The first-order chi connectivity index (χ1) is 8.85. The van der Waals surface area contributed by atoms with Crippen LogP contribution in [0.25, 0.3) is 11.5 Å². The molecule has 0 amide bonds. The van der Waals surface area contributed by atoms with Crippen LogP contribution in [0.5, 0.6) is 0 Å². The largest absolute Gasteiger partial charge is 0.399 e. The molecule has 0 aliphatic rings. The fourth-order valence-corrected chi connectivity index (χ4v) is 1.65. The summed E-state index contributed by atoms with van der Waals surface area (Å²) in [6, 6.07) is 5.10. The molecule has 0 radical (unpaired) electrons. The van der Waals surface area contributed by atoms with Crippen LogP contribution in [0.15, 0.2) is 22.7 Å². The lowest BCUT2D eigenvalue weighted by molar-refractivity contribution is -0.134. The van der Waals surface area contributed by atoms with Crippen molar-refractivity contribution < 1.29 is 17.7 Å². The van der Waals surface area contributed by atoms with Gasteiger partial charge < -0.3 is 10.3 Å². The molecule has 7 heteroatoms. The standard InChI is InChI=1S/C12H12F3N3O/c1-7-6-8(16)2-3-9(7)11-17-10(18-19-11)4-5-12(13,14)15/h2-3,6H,4-5,16H2,1H3. The minimum atomic E-state index is -4.22. The molecule has 0 aliphatic heterocycles. The van der Waals surface area contributed by atoms with Crippen LogP contribution < -0.4 is 5.73 Å². The van der Waals surface area contributed by atoms with Crippen LogP contribution in [0.2, 0.25) is 0 Å². The van der Waals surface area contributed by atoms with E-state index in [0.717, 1.165) is 5.56 Å². The summed E-state index contributed by atoms with van der Waals surface area (Å²) in [5.74, 6) is 0.248. The summed E-state index contributed by atoms with van der Waals surface area (Å²) in [5.41, 5.74) is 7.70. The van der Waals surface area contributed by atoms with Crippen LogP contribution in [0.4, 0.5) is 18.9 Å². The number of halogens is 3. The summed E-state index contributed by atoms with van der Waals surface area (Å²) in [5, 5.41) is 3.54. The third-order valence-electron chi connectivity index (χ3n) is 2.58. The molecule has 0 unspecified atom stereocenters. The summed E-state index contributed by atoms with van der Waals surface area (Å²) < 4.78 is 41.2. The van der Waals surface area contributed by atoms with Gasteiger partial charge in [0.15, 0.2) is 5.82 Å². The van der Waals surface area contributed by atoms with Crippen molar-refractivity contribution in [2.45, 2.75) is 25.9 Å². The van der Waals surface area contributed by atoms with Crippen molar-refractivity contribution in [3.8, 4) is 11.5 Å². The van der Waals surface area contributed by atoms with Crippen molar-refractivity contribution in [2.75, 3.05) is 5.73 Å². The van der Waals surface area contributed by atoms with E-state index in [4.69, 9.17) is 10.3 Å². The van der Waals surface area contributed by atoms with Gasteiger partial charge in [0, 0.05) is 17.7 Å². The Bertz CT molecular complexity index is 578. The summed E-state index contributed by atoms with van der Waals surface area (Å²) in [6.07, 6.45) is -5.48. The Labute approximate surface area is 107 Å². The molecule has 0 bridgehead atoms. The van der Waals surface area contributed by atoms with Crippen molar-refractivity contribution in [3.05, 3.63) is 29.6 Å². The molecule has 102 valence electrons. The molecular formula is C12H12F3N3O. The summed E-state index contributed by atoms with van der Waals surface area (Å²) in [6.45, 7) is 1.81. The smallest absolute Gasteiger partial charge is 0.389 e. The first-order valence-corrected chi connectivity index (χ1v) is 5.61. The van der Waals surface area contributed by atoms with E-state index in [1.165, 1.54) is 0 Å². The van der Waals surface area contributed by atoms with Gasteiger partial charge in [-0.2, -0.15) is 18.2 Å². The second-order valence-corrected chi connectivity index (χ2v) is 4.21. The van der Waals surface area contributed by atoms with Crippen LogP contribution >= 0.6 is 0 Å². The maximum atomic E-state index is 12.1. The summed E-state index contributed by atoms with van der Waals surface area (Å²) in [4.78, 5) is 3.96. The van der Waals surface area contributed by atoms with E-state index < -0.39 is 12.6 Å². The van der Waals surface area contributed by atoms with E-state index in [9.17, 15) is 13.2 Å². The average Bonchev–Trinajstić information content (AvgIpc) is 2.74. The highest BCUT2D eigenvalue weighted by molar-refractivity contribution is 5.62. The number of aryl methyl sites for hydroxylation is 2. The molecule has 0 saturated heterocycles. The number of alkyl halides is 3. The molecule has 0 saturated carbocycles. The van der Waals surface area contributed by atoms with Gasteiger partial charge in [0.1, 0.15) is 0 Å². The zero-order valence-corrected chi connectivity index (χ0v) is 10.2. The van der Waals surface area contributed by atoms with E-state index in [0.29, 0.717) is 11.3 Å². The quantitative estimate of drug-likeness (QED) is 0.871. The Kier molecular flexibility index (Phi) is 3.46. The van der Waals surface area contributed by atoms with Crippen LogP contribution in [0.1, 0.15) is 17.8 Å². The molecule has 1 aromatic carbocycles. The first kappa shape index (κ1) is 13.4. The molecule has 0 atom stereocenters. The number of anilines is 1. The number of nitrogens with two attached hydrogens (primary N) is 1. The third kappa shape index (κ3) is 3.46. The normalized spacial score (nSPS) is 11.8. The monoisotopic (exact) mass is 271 g/mol. The molecule has 2 rings (SSSR count). The Morgan fingerprint density at radius 3 is 2.68 bits per heavy atom. The van der Waals surface area contributed by atoms with E-state index in [1.807, 2.05) is 6.92 Å². The van der Waals surface area contributed by atoms with Crippen molar-refractivity contribution in [1.82, 2.24) is 10.1 Å². The molecule has 4 nitrogen and oxygen atoms in total. The molecule has 19 heavy (non-hydrogen) atoms. The maximum absolute atomic E-state index is 12.1. The molecule has 0 aliphatic carbocycles. The van der Waals surface area contributed by atoms with Crippen LogP contribution in [0, 0.1) is 6.92 Å². The molecule has 2 aromatic rings. The van der Waals surface area contributed by atoms with Crippen molar-refractivity contribution in [1.29, 1.82) is 0 Å². The topological polar surface area (TPSA) is 64.9 Å². The number of aromatic nitrogens is 2. The fraction of sp³-hybridized carbons (Fsp3) is 0.333. The van der Waals surface area contributed by atoms with Gasteiger partial charge in [-0.3, -0.25) is 0 Å². The van der Waals surface area contributed by atoms with Gasteiger partial charge in [0.25, 0.3) is 5.89 Å². The van der Waals surface area contributed by atoms with E-state index in [2.05, 4.69) is 10.1 Å². The third-order valence-corrected chi connectivity index (χ3v) is 2.58. The van der Waals surface area contributed by atoms with Gasteiger partial charge in [0.2, 0.25) is 0 Å². The summed E-state index contributed by atoms with van der Waals surface area (Å²) in [7, 11) is 0. The Morgan fingerprint density at radius 2 is 2.05 bits per heavy atom. The molecular weight excluding hydrogens is 259 g/mol. The molecule has 2 N–H and O–H groups in total. The first-order valence-electron chi connectivity index (χ1n) is 5.61. The second-order valence-electron chi connectivity index (χ2n) is 4.21. The highest BCUT2D eigenvalue weighted by Gasteiger charge is 2.27. The number of nitrogen functional groups attached to an aromatic ring is 1. The van der Waals surface area contributed by atoms with Crippen LogP contribution in [-0.4, -0.2) is 16.3 Å². The Hall–Kier alpha value is -2.05. The van der Waals surface area contributed by atoms with Gasteiger partial charge in [-0.1, -0.05) is 5.16 Å². The van der Waals surface area contributed by atoms with E-state index >= 15 is 0 Å². The molecule has 1 heterocycles. The van der Waals surface area contributed by atoms with Gasteiger partial charge in [-0.25, -0.2) is 0 Å². The SMILES string of the molecule is Cc1cc(N)ccc1-c1nc(CCC(F)(F)F)no1. The van der Waals surface area contributed by atoms with E-state index in [-0.39, 0.29) is 18.1 Å². The minimum Gasteiger partial charge on any atom is -0.399 e. The zero-order chi connectivity index (χ0) is 14.0. The lowest BCUT2D eigenvalue weighted by Crippen LogP contribution is -2.09. The maximum Gasteiger partial charge on any atom is 0.389 e. The fourth-order valence-electron chi connectivity index (χ4n) is 1.65. The molecule has 0 spiro atoms. The number of benzene rings is 1. The van der Waals surface area contributed by atoms with Gasteiger partial charge in [0.05, 0.1) is 6.42 Å². The molecule has 1 aromatic heterocycles. The number of hydrogen-bond acceptors (Lipinski definition) is 4. The van der Waals surface area contributed by atoms with Crippen LogP contribution in [-0.2, 0) is 6.42 Å². The van der Waals surface area contributed by atoms with Crippen molar-refractivity contribution >= 4 is 5.69 Å². The average molecular weight is 271 g/mol. The predicted octanol–water partition coefficient (Wildman–Crippen LogP) is 3.12. The molecule has 0 fully saturated rings. The lowest BCUT2D eigenvalue weighted by Gasteiger charge is -2.02. The van der Waals surface area contributed by atoms with E-state index in [1.54, 1.807) is 18.2 Å². The zero-order valence-electron chi connectivity index (χ0n) is 10.2. The number of rotatable bonds is 3. The minimum absolute atomic E-state index is 0.0450. The Morgan fingerprint density at radius 1 is 1.32 bits per heavy atom. The van der Waals surface area contributed by atoms with Crippen molar-refractivity contribution in [2.24, 2.45) is 0 Å². The van der Waals surface area contributed by atoms with Gasteiger partial charge >= 0.3 is 6.18 Å². The predicted molar refractivity (Wildman–Crippen MR) is 63.3 cm³/mol. The Balaban J connectivity index is 2.16. The van der Waals surface area contributed by atoms with Gasteiger partial charge in [-0.15, -0.1) is 0 Å². The lowest BCUT2D eigenvalue weighted by atomic mass is 10.1. The summed E-state index contributed by atoms with van der Waals surface area (Å²) >= 11 is 0. The number of nitrogens with zero attached hydrogens (tertiary/aromatic N) is 2. The second kappa shape index (κ2) is 4.91. The highest BCUT2D eigenvalue weighted by Crippen LogP contribution is 2.25. The highest BCUT2D eigenvalue weighted by atomic mass is 19.4. The number of hydrogen-bond donors (Lipinski definition) is 1. The van der Waals surface area contributed by atoms with Crippen molar-refractivity contribution in [3.63, 3.8) is 0 Å². The van der Waals surface area contributed by atoms with Gasteiger partial charge in [-0.05, 0) is 30.7 Å². The van der Waals surface area contributed by atoms with Crippen LogP contribution in [0.3, 0.4) is 0 Å².